The zero-order valence-corrected chi connectivity index (χ0v) is 14.2. The van der Waals surface area contributed by atoms with Gasteiger partial charge in [0, 0.05) is 37.2 Å². The molecule has 0 spiro atoms. The highest BCUT2D eigenvalue weighted by atomic mass is 32.2. The number of hydrogen-bond donors (Lipinski definition) is 2. The Morgan fingerprint density at radius 3 is 2.67 bits per heavy atom. The van der Waals surface area contributed by atoms with Crippen LogP contribution in [-0.4, -0.2) is 68.2 Å². The lowest BCUT2D eigenvalue weighted by Crippen LogP contribution is -2.47. The molecule has 2 aliphatic rings. The minimum absolute atomic E-state index is 0.464. The summed E-state index contributed by atoms with van der Waals surface area (Å²) < 4.78 is 0. The number of anilines is 2. The molecule has 2 aromatic rings. The molecule has 2 saturated heterocycles. The van der Waals surface area contributed by atoms with E-state index in [0.29, 0.717) is 18.7 Å². The van der Waals surface area contributed by atoms with Crippen molar-refractivity contribution in [3.63, 3.8) is 0 Å². The summed E-state index contributed by atoms with van der Waals surface area (Å²) in [5, 5.41) is 21.4. The number of thioether (sulfide) groups is 1. The Balaban J connectivity index is 1.55. The highest BCUT2D eigenvalue weighted by Crippen LogP contribution is 2.32. The van der Waals surface area contributed by atoms with Crippen molar-refractivity contribution in [2.24, 2.45) is 0 Å². The van der Waals surface area contributed by atoms with E-state index in [1.807, 2.05) is 17.8 Å². The van der Waals surface area contributed by atoms with E-state index in [2.05, 4.69) is 35.2 Å². The zero-order chi connectivity index (χ0) is 16.4. The van der Waals surface area contributed by atoms with Crippen LogP contribution in [0.1, 0.15) is 18.5 Å². The van der Waals surface area contributed by atoms with Gasteiger partial charge in [-0.1, -0.05) is 0 Å². The number of aliphatic hydroxyl groups is 1. The molecule has 0 aliphatic carbocycles. The molecule has 2 aliphatic heterocycles. The summed E-state index contributed by atoms with van der Waals surface area (Å²) >= 11 is 1.98. The molecular weight excluding hydrogens is 326 g/mol. The SMILES string of the molecule is OC1(c2cn[nH]n2)CCCN(c2cc(N3CCSCC3)ncn2)C1. The summed E-state index contributed by atoms with van der Waals surface area (Å²) in [7, 11) is 0. The van der Waals surface area contributed by atoms with E-state index in [-0.39, 0.29) is 0 Å². The van der Waals surface area contributed by atoms with E-state index in [9.17, 15) is 5.11 Å². The number of piperidine rings is 1. The van der Waals surface area contributed by atoms with Crippen molar-refractivity contribution in [1.82, 2.24) is 25.4 Å². The van der Waals surface area contributed by atoms with Crippen LogP contribution in [0.5, 0.6) is 0 Å². The maximum atomic E-state index is 11.0. The molecule has 4 heterocycles. The van der Waals surface area contributed by atoms with Gasteiger partial charge in [-0.25, -0.2) is 9.97 Å². The summed E-state index contributed by atoms with van der Waals surface area (Å²) in [6, 6.07) is 2.03. The lowest BCUT2D eigenvalue weighted by molar-refractivity contribution is 0.0175. The second kappa shape index (κ2) is 6.56. The van der Waals surface area contributed by atoms with Crippen LogP contribution >= 0.6 is 11.8 Å². The maximum Gasteiger partial charge on any atom is 0.134 e. The molecule has 128 valence electrons. The van der Waals surface area contributed by atoms with Crippen molar-refractivity contribution in [1.29, 1.82) is 0 Å². The van der Waals surface area contributed by atoms with Gasteiger partial charge in [-0.2, -0.15) is 27.2 Å². The monoisotopic (exact) mass is 347 g/mol. The van der Waals surface area contributed by atoms with Crippen molar-refractivity contribution >= 4 is 23.4 Å². The molecule has 1 atom stereocenters. The second-order valence-electron chi connectivity index (χ2n) is 6.25. The van der Waals surface area contributed by atoms with Gasteiger partial charge in [0.05, 0.1) is 12.7 Å². The van der Waals surface area contributed by atoms with Crippen LogP contribution in [0, 0.1) is 0 Å². The number of aromatic amines is 1. The van der Waals surface area contributed by atoms with E-state index in [1.165, 1.54) is 0 Å². The van der Waals surface area contributed by atoms with Gasteiger partial charge in [0.15, 0.2) is 0 Å². The topological polar surface area (TPSA) is 94.1 Å². The van der Waals surface area contributed by atoms with Crippen LogP contribution < -0.4 is 9.80 Å². The Bertz CT molecular complexity index is 676. The summed E-state index contributed by atoms with van der Waals surface area (Å²) in [5.74, 6) is 4.10. The third kappa shape index (κ3) is 3.05. The molecular formula is C15H21N7OS. The fraction of sp³-hybridized carbons (Fsp3) is 0.600. The minimum Gasteiger partial charge on any atom is -0.382 e. The van der Waals surface area contributed by atoms with E-state index in [0.717, 1.165) is 49.2 Å². The Labute approximate surface area is 144 Å². The third-order valence-corrected chi connectivity index (χ3v) is 5.60. The van der Waals surface area contributed by atoms with Crippen LogP contribution in [0.15, 0.2) is 18.6 Å². The average molecular weight is 347 g/mol. The van der Waals surface area contributed by atoms with Crippen LogP contribution in [0.4, 0.5) is 11.6 Å². The molecule has 0 aromatic carbocycles. The quantitative estimate of drug-likeness (QED) is 0.835. The molecule has 0 saturated carbocycles. The van der Waals surface area contributed by atoms with Gasteiger partial charge in [-0.15, -0.1) is 0 Å². The van der Waals surface area contributed by atoms with E-state index in [1.54, 1.807) is 12.5 Å². The van der Waals surface area contributed by atoms with Crippen LogP contribution in [0.3, 0.4) is 0 Å². The molecule has 2 aromatic heterocycles. The van der Waals surface area contributed by atoms with Gasteiger partial charge < -0.3 is 14.9 Å². The van der Waals surface area contributed by atoms with E-state index in [4.69, 9.17) is 0 Å². The molecule has 0 radical (unpaired) electrons. The van der Waals surface area contributed by atoms with Gasteiger partial charge in [-0.3, -0.25) is 0 Å². The number of rotatable bonds is 3. The molecule has 0 amide bonds. The fourth-order valence-electron chi connectivity index (χ4n) is 3.34. The molecule has 8 nitrogen and oxygen atoms in total. The predicted molar refractivity (Wildman–Crippen MR) is 93.3 cm³/mol. The lowest BCUT2D eigenvalue weighted by atomic mass is 9.90. The predicted octanol–water partition coefficient (Wildman–Crippen LogP) is 0.636. The van der Waals surface area contributed by atoms with Crippen LogP contribution in [0.25, 0.3) is 0 Å². The highest BCUT2D eigenvalue weighted by Gasteiger charge is 2.37. The lowest BCUT2D eigenvalue weighted by Gasteiger charge is -2.38. The van der Waals surface area contributed by atoms with E-state index >= 15 is 0 Å². The molecule has 0 bridgehead atoms. The number of nitrogens with zero attached hydrogens (tertiary/aromatic N) is 6. The first-order valence-electron chi connectivity index (χ1n) is 8.23. The number of H-pyrrole nitrogens is 1. The normalized spacial score (nSPS) is 25.0. The van der Waals surface area contributed by atoms with Crippen LogP contribution in [0.2, 0.25) is 0 Å². The summed E-state index contributed by atoms with van der Waals surface area (Å²) in [6.07, 6.45) is 4.77. The van der Waals surface area contributed by atoms with Gasteiger partial charge in [-0.05, 0) is 12.8 Å². The second-order valence-corrected chi connectivity index (χ2v) is 7.47. The van der Waals surface area contributed by atoms with E-state index < -0.39 is 5.60 Å². The smallest absolute Gasteiger partial charge is 0.134 e. The van der Waals surface area contributed by atoms with Gasteiger partial charge in [0.2, 0.25) is 0 Å². The molecule has 24 heavy (non-hydrogen) atoms. The molecule has 2 fully saturated rings. The first-order chi connectivity index (χ1) is 11.7. The Morgan fingerprint density at radius 2 is 1.92 bits per heavy atom. The minimum atomic E-state index is -0.988. The van der Waals surface area contributed by atoms with Crippen molar-refractivity contribution in [3.05, 3.63) is 24.3 Å². The first-order valence-corrected chi connectivity index (χ1v) is 9.38. The van der Waals surface area contributed by atoms with Crippen molar-refractivity contribution in [3.8, 4) is 0 Å². The van der Waals surface area contributed by atoms with Crippen molar-refractivity contribution < 1.29 is 5.11 Å². The maximum absolute atomic E-state index is 11.0. The summed E-state index contributed by atoms with van der Waals surface area (Å²) in [4.78, 5) is 13.3. The Hall–Kier alpha value is -1.87. The summed E-state index contributed by atoms with van der Waals surface area (Å²) in [5.41, 5.74) is -0.396. The molecule has 2 N–H and O–H groups in total. The number of β-amino-alcohol motifs (C(OH)–C–C–N with tert-alkyl or cyclic N) is 1. The standard InChI is InChI=1S/C15H21N7OS/c23-15(12-9-18-20-19-12)2-1-3-22(10-15)14-8-13(16-11-17-14)21-4-6-24-7-5-21/h8-9,11,23H,1-7,10H2,(H,18,19,20). The Morgan fingerprint density at radius 1 is 1.12 bits per heavy atom. The number of aromatic nitrogens is 5. The number of hydrogen-bond acceptors (Lipinski definition) is 8. The van der Waals surface area contributed by atoms with Crippen LogP contribution in [-0.2, 0) is 5.60 Å². The highest BCUT2D eigenvalue weighted by molar-refractivity contribution is 7.99. The fourth-order valence-corrected chi connectivity index (χ4v) is 4.25. The largest absolute Gasteiger partial charge is 0.382 e. The molecule has 4 rings (SSSR count). The van der Waals surface area contributed by atoms with Crippen molar-refractivity contribution in [2.45, 2.75) is 18.4 Å². The van der Waals surface area contributed by atoms with Gasteiger partial charge in [0.25, 0.3) is 0 Å². The average Bonchev–Trinajstić information content (AvgIpc) is 3.18. The molecule has 9 heteroatoms. The zero-order valence-electron chi connectivity index (χ0n) is 13.4. The van der Waals surface area contributed by atoms with Gasteiger partial charge in [0.1, 0.15) is 29.3 Å². The first kappa shape index (κ1) is 15.6. The molecule has 1 unspecified atom stereocenters. The Kier molecular flexibility index (Phi) is 4.28. The van der Waals surface area contributed by atoms with Crippen molar-refractivity contribution in [2.75, 3.05) is 47.5 Å². The third-order valence-electron chi connectivity index (χ3n) is 4.66. The number of nitrogens with one attached hydrogen (secondary N) is 1. The summed E-state index contributed by atoms with van der Waals surface area (Å²) in [6.45, 7) is 3.37. The van der Waals surface area contributed by atoms with Gasteiger partial charge >= 0.3 is 0 Å².